The maximum atomic E-state index is 8.61. The summed E-state index contributed by atoms with van der Waals surface area (Å²) in [6.45, 7) is 3.95. The fourth-order valence-electron chi connectivity index (χ4n) is 0.183. The minimum Gasteiger partial charge on any atom is -0.394 e. The van der Waals surface area contributed by atoms with Crippen LogP contribution in [0.4, 0.5) is 0 Å². The summed E-state index contributed by atoms with van der Waals surface area (Å²) in [5.41, 5.74) is 0. The Labute approximate surface area is 61.3 Å². The zero-order chi connectivity index (χ0) is 6.78. The normalized spacial score (nSPS) is 12.8. The predicted molar refractivity (Wildman–Crippen MR) is 42.6 cm³/mol. The molecule has 0 aliphatic heterocycles. The lowest BCUT2D eigenvalue weighted by Gasteiger charge is -2.23. The van der Waals surface area contributed by atoms with Crippen molar-refractivity contribution in [1.29, 1.82) is 0 Å². The monoisotopic (exact) mass is 152 g/mol. The molecule has 0 saturated heterocycles. The lowest BCUT2D eigenvalue weighted by molar-refractivity contribution is 0.263. The molecule has 0 saturated carbocycles. The smallest absolute Gasteiger partial charge is 0.0804 e. The summed E-state index contributed by atoms with van der Waals surface area (Å²) in [7, 11) is 0. The quantitative estimate of drug-likeness (QED) is 0.401. The molecule has 0 radical (unpaired) electrons. The zero-order valence-electron chi connectivity index (χ0n) is 5.13. The molecule has 50 valence electrons. The fraction of sp³-hybridized carbons (Fsp3) is 1.00. The molecular formula is C5H12OS2. The molecule has 1 nitrogen and oxygen atoms in total. The SMILES string of the molecule is CC(C)C(S)(S)CO. The van der Waals surface area contributed by atoms with Crippen molar-refractivity contribution in [2.45, 2.75) is 17.9 Å². The van der Waals surface area contributed by atoms with Crippen molar-refractivity contribution in [3.05, 3.63) is 0 Å². The summed E-state index contributed by atoms with van der Waals surface area (Å²) in [6.07, 6.45) is 0. The van der Waals surface area contributed by atoms with Gasteiger partial charge in [0.05, 0.1) is 10.7 Å². The highest BCUT2D eigenvalue weighted by molar-refractivity contribution is 8.00. The first-order chi connectivity index (χ1) is 3.50. The molecule has 3 heteroatoms. The lowest BCUT2D eigenvalue weighted by atomic mass is 10.1. The van der Waals surface area contributed by atoms with Gasteiger partial charge >= 0.3 is 0 Å². The second kappa shape index (κ2) is 2.99. The minimum atomic E-state index is -0.514. The Bertz CT molecular complexity index is 70.8. The summed E-state index contributed by atoms with van der Waals surface area (Å²) < 4.78 is -0.514. The van der Waals surface area contributed by atoms with Gasteiger partial charge in [-0.15, -0.1) is 0 Å². The van der Waals surface area contributed by atoms with E-state index in [9.17, 15) is 0 Å². The Balaban J connectivity index is 3.71. The molecule has 8 heavy (non-hydrogen) atoms. The summed E-state index contributed by atoms with van der Waals surface area (Å²) in [5, 5.41) is 8.61. The molecule has 0 unspecified atom stereocenters. The van der Waals surface area contributed by atoms with Gasteiger partial charge in [-0.2, -0.15) is 25.3 Å². The molecule has 0 spiro atoms. The predicted octanol–water partition coefficient (Wildman–Crippen LogP) is 1.19. The number of thiol groups is 2. The van der Waals surface area contributed by atoms with Crippen LogP contribution in [-0.4, -0.2) is 15.8 Å². The number of aliphatic hydroxyl groups is 1. The van der Waals surface area contributed by atoms with Crippen molar-refractivity contribution in [2.24, 2.45) is 5.92 Å². The van der Waals surface area contributed by atoms with E-state index < -0.39 is 4.08 Å². The second-order valence-electron chi connectivity index (χ2n) is 2.19. The van der Waals surface area contributed by atoms with Crippen LogP contribution in [0.5, 0.6) is 0 Å². The van der Waals surface area contributed by atoms with Gasteiger partial charge in [-0.1, -0.05) is 13.8 Å². The molecule has 0 aromatic heterocycles. The van der Waals surface area contributed by atoms with Gasteiger partial charge in [0, 0.05) is 0 Å². The average Bonchev–Trinajstić information content (AvgIpc) is 1.67. The van der Waals surface area contributed by atoms with E-state index >= 15 is 0 Å². The Morgan fingerprint density at radius 2 is 1.88 bits per heavy atom. The van der Waals surface area contributed by atoms with Crippen molar-refractivity contribution < 1.29 is 5.11 Å². The van der Waals surface area contributed by atoms with Crippen LogP contribution >= 0.6 is 25.3 Å². The Hall–Kier alpha value is 0.660. The Morgan fingerprint density at radius 1 is 1.50 bits per heavy atom. The van der Waals surface area contributed by atoms with Crippen LogP contribution in [0.3, 0.4) is 0 Å². The summed E-state index contributed by atoms with van der Waals surface area (Å²) in [4.78, 5) is 0. The molecule has 0 aliphatic rings. The molecule has 0 atom stereocenters. The summed E-state index contributed by atoms with van der Waals surface area (Å²) in [6, 6.07) is 0. The largest absolute Gasteiger partial charge is 0.394 e. The molecule has 0 fully saturated rings. The van der Waals surface area contributed by atoms with Crippen molar-refractivity contribution in [2.75, 3.05) is 6.61 Å². The molecular weight excluding hydrogens is 140 g/mol. The number of hydrogen-bond acceptors (Lipinski definition) is 3. The van der Waals surface area contributed by atoms with Crippen LogP contribution in [0.1, 0.15) is 13.8 Å². The first-order valence-corrected chi connectivity index (χ1v) is 3.45. The molecule has 1 N–H and O–H groups in total. The van der Waals surface area contributed by atoms with E-state index in [0.717, 1.165) is 0 Å². The van der Waals surface area contributed by atoms with Crippen LogP contribution in [0.2, 0.25) is 0 Å². The maximum Gasteiger partial charge on any atom is 0.0804 e. The van der Waals surface area contributed by atoms with Crippen molar-refractivity contribution in [3.8, 4) is 0 Å². The van der Waals surface area contributed by atoms with Crippen molar-refractivity contribution in [3.63, 3.8) is 0 Å². The number of hydrogen-bond donors (Lipinski definition) is 3. The van der Waals surface area contributed by atoms with E-state index in [2.05, 4.69) is 25.3 Å². The summed E-state index contributed by atoms with van der Waals surface area (Å²) >= 11 is 8.19. The van der Waals surface area contributed by atoms with Crippen LogP contribution in [0.25, 0.3) is 0 Å². The average molecular weight is 152 g/mol. The lowest BCUT2D eigenvalue weighted by Crippen LogP contribution is -2.25. The number of rotatable bonds is 2. The van der Waals surface area contributed by atoms with Gasteiger partial charge in [-0.3, -0.25) is 0 Å². The topological polar surface area (TPSA) is 20.2 Å². The molecule has 0 aromatic rings. The van der Waals surface area contributed by atoms with Crippen LogP contribution in [-0.2, 0) is 0 Å². The maximum absolute atomic E-state index is 8.61. The highest BCUT2D eigenvalue weighted by Crippen LogP contribution is 2.27. The first-order valence-electron chi connectivity index (χ1n) is 2.56. The van der Waals surface area contributed by atoms with Gasteiger partial charge in [-0.05, 0) is 5.92 Å². The van der Waals surface area contributed by atoms with Gasteiger partial charge in [0.25, 0.3) is 0 Å². The number of aliphatic hydroxyl groups excluding tert-OH is 1. The Morgan fingerprint density at radius 3 is 1.88 bits per heavy atom. The third-order valence-corrected chi connectivity index (χ3v) is 2.47. The minimum absolute atomic E-state index is 0.0108. The van der Waals surface area contributed by atoms with Crippen LogP contribution < -0.4 is 0 Å². The first kappa shape index (κ1) is 8.66. The van der Waals surface area contributed by atoms with Gasteiger partial charge in [-0.25, -0.2) is 0 Å². The third-order valence-electron chi connectivity index (χ3n) is 1.16. The molecule has 0 rings (SSSR count). The van der Waals surface area contributed by atoms with Crippen LogP contribution in [0.15, 0.2) is 0 Å². The molecule has 0 aromatic carbocycles. The highest BCUT2D eigenvalue weighted by Gasteiger charge is 2.22. The van der Waals surface area contributed by atoms with E-state index in [1.807, 2.05) is 13.8 Å². The standard InChI is InChI=1S/C5H12OS2/c1-4(2)5(7,8)3-6/h4,6-8H,3H2,1-2H3. The fourth-order valence-corrected chi connectivity index (χ4v) is 0.183. The van der Waals surface area contributed by atoms with Gasteiger partial charge in [0.1, 0.15) is 0 Å². The molecule has 0 aliphatic carbocycles. The highest BCUT2D eigenvalue weighted by atomic mass is 32.2. The van der Waals surface area contributed by atoms with Crippen LogP contribution in [0, 0.1) is 5.92 Å². The van der Waals surface area contributed by atoms with Gasteiger partial charge in [0.2, 0.25) is 0 Å². The van der Waals surface area contributed by atoms with E-state index in [1.165, 1.54) is 0 Å². The zero-order valence-corrected chi connectivity index (χ0v) is 6.91. The second-order valence-corrected chi connectivity index (χ2v) is 4.14. The van der Waals surface area contributed by atoms with Gasteiger partial charge < -0.3 is 5.11 Å². The van der Waals surface area contributed by atoms with Crippen molar-refractivity contribution in [1.82, 2.24) is 0 Å². The van der Waals surface area contributed by atoms with E-state index in [-0.39, 0.29) is 6.61 Å². The van der Waals surface area contributed by atoms with E-state index in [0.29, 0.717) is 5.92 Å². The van der Waals surface area contributed by atoms with Crippen molar-refractivity contribution >= 4 is 25.3 Å². The van der Waals surface area contributed by atoms with E-state index in [1.54, 1.807) is 0 Å². The third kappa shape index (κ3) is 2.29. The molecule has 0 bridgehead atoms. The van der Waals surface area contributed by atoms with Gasteiger partial charge in [0.15, 0.2) is 0 Å². The summed E-state index contributed by atoms with van der Waals surface area (Å²) in [5.74, 6) is 0.291. The molecule has 0 heterocycles. The Kier molecular flexibility index (Phi) is 3.24. The van der Waals surface area contributed by atoms with E-state index in [4.69, 9.17) is 5.11 Å². The molecule has 0 amide bonds.